The molecule has 0 aliphatic rings. The molecule has 3 aromatic rings. The first-order valence-corrected chi connectivity index (χ1v) is 9.44. The maximum atomic E-state index is 13.6. The molecule has 1 atom stereocenters. The molecule has 0 aliphatic carbocycles. The monoisotopic (exact) mass is 368 g/mol. The van der Waals surface area contributed by atoms with Crippen molar-refractivity contribution >= 4 is 17.2 Å². The third-order valence-electron chi connectivity index (χ3n) is 4.10. The van der Waals surface area contributed by atoms with Gasteiger partial charge in [-0.25, -0.2) is 4.39 Å². The van der Waals surface area contributed by atoms with Crippen LogP contribution in [-0.4, -0.2) is 19.0 Å². The second-order valence-corrected chi connectivity index (χ2v) is 6.91. The second kappa shape index (κ2) is 9.27. The van der Waals surface area contributed by atoms with Crippen LogP contribution >= 0.6 is 11.3 Å². The van der Waals surface area contributed by atoms with Gasteiger partial charge in [0, 0.05) is 11.4 Å². The maximum Gasteiger partial charge on any atom is 0.233 e. The van der Waals surface area contributed by atoms with Gasteiger partial charge in [-0.05, 0) is 35.1 Å². The Morgan fingerprint density at radius 3 is 2.50 bits per heavy atom. The minimum absolute atomic E-state index is 0.0199. The molecule has 0 aliphatic heterocycles. The summed E-state index contributed by atoms with van der Waals surface area (Å²) >= 11 is 1.66. The first-order valence-electron chi connectivity index (χ1n) is 8.56. The highest BCUT2D eigenvalue weighted by Gasteiger charge is 2.15. The molecule has 0 bridgehead atoms. The number of hydrogen-bond donors (Lipinski definition) is 2. The topological polar surface area (TPSA) is 41.1 Å². The van der Waals surface area contributed by atoms with Gasteiger partial charge in [0.05, 0.1) is 12.6 Å². The number of thiophene rings is 1. The van der Waals surface area contributed by atoms with E-state index in [0.29, 0.717) is 18.5 Å². The molecule has 0 radical (unpaired) electrons. The molecule has 0 spiro atoms. The molecule has 1 aromatic heterocycles. The fourth-order valence-corrected chi connectivity index (χ4v) is 3.61. The summed E-state index contributed by atoms with van der Waals surface area (Å²) in [5, 5.41) is 8.20. The fourth-order valence-electron chi connectivity index (χ4n) is 2.78. The van der Waals surface area contributed by atoms with Crippen molar-refractivity contribution < 1.29 is 9.18 Å². The highest BCUT2D eigenvalue weighted by Crippen LogP contribution is 2.25. The van der Waals surface area contributed by atoms with Crippen LogP contribution in [0.25, 0.3) is 0 Å². The number of rotatable bonds is 8. The van der Waals surface area contributed by atoms with Crippen molar-refractivity contribution in [2.75, 3.05) is 13.1 Å². The van der Waals surface area contributed by atoms with Crippen LogP contribution in [0, 0.1) is 5.82 Å². The second-order valence-electron chi connectivity index (χ2n) is 5.93. The van der Waals surface area contributed by atoms with E-state index >= 15 is 0 Å². The van der Waals surface area contributed by atoms with E-state index in [1.807, 2.05) is 41.8 Å². The Bertz CT molecular complexity index is 821. The largest absolute Gasteiger partial charge is 0.355 e. The van der Waals surface area contributed by atoms with Gasteiger partial charge in [0.1, 0.15) is 5.82 Å². The van der Waals surface area contributed by atoms with Gasteiger partial charge in [-0.15, -0.1) is 11.3 Å². The summed E-state index contributed by atoms with van der Waals surface area (Å²) in [7, 11) is 0. The molecule has 1 amide bonds. The number of nitrogens with one attached hydrogen (secondary N) is 2. The predicted molar refractivity (Wildman–Crippen MR) is 104 cm³/mol. The van der Waals surface area contributed by atoms with Gasteiger partial charge < -0.3 is 5.32 Å². The quantitative estimate of drug-likeness (QED) is 0.633. The van der Waals surface area contributed by atoms with Crippen LogP contribution in [0.5, 0.6) is 0 Å². The number of halogens is 1. The molecule has 0 fully saturated rings. The molecule has 0 unspecified atom stereocenters. The fraction of sp³-hybridized carbons (Fsp3) is 0.190. The number of amides is 1. The van der Waals surface area contributed by atoms with Gasteiger partial charge >= 0.3 is 0 Å². The molecule has 2 aromatic carbocycles. The van der Waals surface area contributed by atoms with Crippen molar-refractivity contribution in [3.05, 3.63) is 93.9 Å². The van der Waals surface area contributed by atoms with Crippen molar-refractivity contribution in [3.63, 3.8) is 0 Å². The van der Waals surface area contributed by atoms with E-state index in [1.165, 1.54) is 6.07 Å². The summed E-state index contributed by atoms with van der Waals surface area (Å²) in [6.45, 7) is 0.616. The maximum absolute atomic E-state index is 13.6. The minimum Gasteiger partial charge on any atom is -0.355 e. The molecule has 26 heavy (non-hydrogen) atoms. The van der Waals surface area contributed by atoms with Crippen molar-refractivity contribution in [1.29, 1.82) is 0 Å². The summed E-state index contributed by atoms with van der Waals surface area (Å²) < 4.78 is 13.6. The molecule has 134 valence electrons. The molecule has 5 heteroatoms. The average molecular weight is 368 g/mol. The van der Waals surface area contributed by atoms with Crippen LogP contribution in [0.3, 0.4) is 0 Å². The van der Waals surface area contributed by atoms with Gasteiger partial charge in [-0.2, -0.15) is 0 Å². The van der Waals surface area contributed by atoms with Crippen molar-refractivity contribution in [2.24, 2.45) is 0 Å². The normalized spacial score (nSPS) is 11.9. The van der Waals surface area contributed by atoms with E-state index in [-0.39, 0.29) is 24.3 Å². The lowest BCUT2D eigenvalue weighted by Gasteiger charge is -2.18. The minimum atomic E-state index is -0.235. The van der Waals surface area contributed by atoms with Gasteiger partial charge in [-0.3, -0.25) is 10.1 Å². The van der Waals surface area contributed by atoms with E-state index in [9.17, 15) is 9.18 Å². The van der Waals surface area contributed by atoms with Gasteiger partial charge in [0.15, 0.2) is 0 Å². The molecule has 3 nitrogen and oxygen atoms in total. The van der Waals surface area contributed by atoms with E-state index in [0.717, 1.165) is 10.4 Å². The SMILES string of the molecule is O=C(CN[C@@H](c1ccccc1)c1cccs1)NCCc1ccccc1F. The van der Waals surface area contributed by atoms with E-state index in [4.69, 9.17) is 0 Å². The summed E-state index contributed by atoms with van der Waals surface area (Å²) in [6, 6.07) is 20.7. The zero-order valence-corrected chi connectivity index (χ0v) is 15.1. The average Bonchev–Trinajstić information content (AvgIpc) is 3.19. The Kier molecular flexibility index (Phi) is 6.52. The Hall–Kier alpha value is -2.50. The number of carbonyl (C=O) groups excluding carboxylic acids is 1. The Balaban J connectivity index is 1.52. The first kappa shape index (κ1) is 18.3. The van der Waals surface area contributed by atoms with E-state index < -0.39 is 0 Å². The summed E-state index contributed by atoms with van der Waals surface area (Å²) in [4.78, 5) is 13.3. The molecular formula is C21H21FN2OS. The zero-order valence-electron chi connectivity index (χ0n) is 14.3. The predicted octanol–water partition coefficient (Wildman–Crippen LogP) is 3.93. The zero-order chi connectivity index (χ0) is 18.2. The number of carbonyl (C=O) groups is 1. The van der Waals surface area contributed by atoms with Crippen LogP contribution in [0.1, 0.15) is 22.0 Å². The summed E-state index contributed by atoms with van der Waals surface area (Å²) in [5.41, 5.74) is 1.73. The molecule has 2 N–H and O–H groups in total. The van der Waals surface area contributed by atoms with Gasteiger partial charge in [-0.1, -0.05) is 54.6 Å². The Morgan fingerprint density at radius 2 is 1.77 bits per heavy atom. The standard InChI is InChI=1S/C21H21FN2OS/c22-18-10-5-4-7-16(18)12-13-23-20(25)15-24-21(19-11-6-14-26-19)17-8-2-1-3-9-17/h1-11,14,21,24H,12-13,15H2,(H,23,25)/t21-/m0/s1. The lowest BCUT2D eigenvalue weighted by atomic mass is 10.1. The van der Waals surface area contributed by atoms with Crippen LogP contribution in [0.4, 0.5) is 4.39 Å². The first-order chi connectivity index (χ1) is 12.7. The summed E-state index contributed by atoms with van der Waals surface area (Å²) in [6.07, 6.45) is 0.478. The van der Waals surface area contributed by atoms with Gasteiger partial charge in [0.25, 0.3) is 0 Å². The Labute approximate surface area is 156 Å². The smallest absolute Gasteiger partial charge is 0.233 e. The molecule has 3 rings (SSSR count). The van der Waals surface area contributed by atoms with Crippen LogP contribution in [0.15, 0.2) is 72.1 Å². The van der Waals surface area contributed by atoms with Crippen molar-refractivity contribution in [2.45, 2.75) is 12.5 Å². The van der Waals surface area contributed by atoms with Crippen LogP contribution in [-0.2, 0) is 11.2 Å². The summed E-state index contributed by atoms with van der Waals surface area (Å²) in [5.74, 6) is -0.333. The number of benzene rings is 2. The molecule has 0 saturated carbocycles. The van der Waals surface area contributed by atoms with Crippen LogP contribution < -0.4 is 10.6 Å². The van der Waals surface area contributed by atoms with Crippen molar-refractivity contribution in [1.82, 2.24) is 10.6 Å². The van der Waals surface area contributed by atoms with E-state index in [2.05, 4.69) is 16.7 Å². The van der Waals surface area contributed by atoms with Crippen LogP contribution in [0.2, 0.25) is 0 Å². The third-order valence-corrected chi connectivity index (χ3v) is 5.04. The molecular weight excluding hydrogens is 347 g/mol. The number of hydrogen-bond acceptors (Lipinski definition) is 3. The lowest BCUT2D eigenvalue weighted by Crippen LogP contribution is -2.36. The van der Waals surface area contributed by atoms with Crippen molar-refractivity contribution in [3.8, 4) is 0 Å². The Morgan fingerprint density at radius 1 is 1.00 bits per heavy atom. The van der Waals surface area contributed by atoms with Gasteiger partial charge in [0.2, 0.25) is 5.91 Å². The highest BCUT2D eigenvalue weighted by molar-refractivity contribution is 7.10. The highest BCUT2D eigenvalue weighted by atomic mass is 32.1. The molecule has 0 saturated heterocycles. The third kappa shape index (κ3) is 5.00. The lowest BCUT2D eigenvalue weighted by molar-refractivity contribution is -0.120. The van der Waals surface area contributed by atoms with E-state index in [1.54, 1.807) is 29.5 Å². The molecule has 1 heterocycles.